The molecule has 2 aromatic heterocycles. The Hall–Kier alpha value is -3.00. The van der Waals surface area contributed by atoms with Gasteiger partial charge in [0.15, 0.2) is 5.92 Å². The van der Waals surface area contributed by atoms with E-state index in [0.717, 1.165) is 10.9 Å². The third-order valence-electron chi connectivity index (χ3n) is 3.37. The Morgan fingerprint density at radius 2 is 2.00 bits per heavy atom. The second-order valence-electron chi connectivity index (χ2n) is 4.67. The molecular formula is C16H12N4O. The summed E-state index contributed by atoms with van der Waals surface area (Å²) in [6.07, 6.45) is 1.57. The van der Waals surface area contributed by atoms with E-state index in [4.69, 9.17) is 0 Å². The number of carbonyl (C=O) groups excluding carboxylic acids is 1. The molecule has 0 fully saturated rings. The van der Waals surface area contributed by atoms with Crippen molar-refractivity contribution in [1.82, 2.24) is 14.8 Å². The van der Waals surface area contributed by atoms with E-state index in [1.807, 2.05) is 30.3 Å². The fraction of sp³-hybridized carbons (Fsp3) is 0.125. The molecule has 0 radical (unpaired) electrons. The molecule has 0 aliphatic heterocycles. The lowest BCUT2D eigenvalue weighted by Gasteiger charge is -2.05. The van der Waals surface area contributed by atoms with Crippen molar-refractivity contribution in [1.29, 1.82) is 5.26 Å². The second kappa shape index (κ2) is 5.17. The molecule has 0 aliphatic carbocycles. The Bertz CT molecular complexity index is 846. The molecule has 3 rings (SSSR count). The Balaban J connectivity index is 2.10. The number of aromatic nitrogens is 3. The van der Waals surface area contributed by atoms with Crippen molar-refractivity contribution in [2.45, 2.75) is 5.92 Å². The van der Waals surface area contributed by atoms with Crippen LogP contribution in [0.4, 0.5) is 0 Å². The summed E-state index contributed by atoms with van der Waals surface area (Å²) in [6, 6.07) is 14.7. The van der Waals surface area contributed by atoms with Crippen molar-refractivity contribution in [3.8, 4) is 6.07 Å². The Morgan fingerprint density at radius 1 is 1.24 bits per heavy atom. The number of Topliss-reactive ketones (excluding diaryl/α,β-unsaturated/α-hetero) is 1. The number of pyridine rings is 1. The first kappa shape index (κ1) is 13.0. The number of ketones is 1. The van der Waals surface area contributed by atoms with Gasteiger partial charge in [-0.2, -0.15) is 10.4 Å². The molecule has 0 N–H and O–H groups in total. The Labute approximate surface area is 121 Å². The predicted octanol–water partition coefficient (Wildman–Crippen LogP) is 2.46. The maximum atomic E-state index is 12.7. The average molecular weight is 276 g/mol. The van der Waals surface area contributed by atoms with E-state index in [0.29, 0.717) is 11.4 Å². The molecule has 1 aromatic carbocycles. The van der Waals surface area contributed by atoms with E-state index >= 15 is 0 Å². The van der Waals surface area contributed by atoms with Crippen molar-refractivity contribution in [2.75, 3.05) is 0 Å². The largest absolute Gasteiger partial charge is 0.290 e. The van der Waals surface area contributed by atoms with E-state index < -0.39 is 5.92 Å². The lowest BCUT2D eigenvalue weighted by Crippen LogP contribution is -2.13. The third-order valence-corrected chi connectivity index (χ3v) is 3.37. The number of nitriles is 1. The van der Waals surface area contributed by atoms with E-state index in [2.05, 4.69) is 10.1 Å². The number of aryl methyl sites for hydroxylation is 1. The molecule has 0 bridgehead atoms. The van der Waals surface area contributed by atoms with Crippen molar-refractivity contribution in [3.63, 3.8) is 0 Å². The van der Waals surface area contributed by atoms with Gasteiger partial charge < -0.3 is 0 Å². The summed E-state index contributed by atoms with van der Waals surface area (Å²) in [5, 5.41) is 14.4. The first-order valence-corrected chi connectivity index (χ1v) is 6.49. The zero-order chi connectivity index (χ0) is 14.8. The maximum absolute atomic E-state index is 12.7. The number of benzene rings is 1. The van der Waals surface area contributed by atoms with Crippen LogP contribution >= 0.6 is 0 Å². The number of nitrogens with zero attached hydrogens (tertiary/aromatic N) is 4. The Morgan fingerprint density at radius 3 is 2.71 bits per heavy atom. The molecule has 0 aliphatic rings. The number of hydrogen-bond donors (Lipinski definition) is 0. The molecule has 0 spiro atoms. The highest BCUT2D eigenvalue weighted by atomic mass is 16.1. The maximum Gasteiger partial charge on any atom is 0.206 e. The Kier molecular flexibility index (Phi) is 3.20. The molecule has 5 heteroatoms. The van der Waals surface area contributed by atoms with Crippen LogP contribution in [0.5, 0.6) is 0 Å². The van der Waals surface area contributed by atoms with Gasteiger partial charge in [0.2, 0.25) is 5.78 Å². The van der Waals surface area contributed by atoms with Crippen molar-refractivity contribution < 1.29 is 4.79 Å². The molecule has 0 saturated carbocycles. The second-order valence-corrected chi connectivity index (χ2v) is 4.67. The van der Waals surface area contributed by atoms with Gasteiger partial charge >= 0.3 is 0 Å². The van der Waals surface area contributed by atoms with Crippen LogP contribution in [-0.2, 0) is 7.05 Å². The molecule has 2 heterocycles. The van der Waals surface area contributed by atoms with Crippen LogP contribution < -0.4 is 0 Å². The monoisotopic (exact) mass is 276 g/mol. The number of hydrogen-bond acceptors (Lipinski definition) is 4. The molecule has 21 heavy (non-hydrogen) atoms. The minimum atomic E-state index is -0.940. The highest BCUT2D eigenvalue weighted by Crippen LogP contribution is 2.24. The first-order chi connectivity index (χ1) is 10.2. The summed E-state index contributed by atoms with van der Waals surface area (Å²) in [5.74, 6) is -1.27. The van der Waals surface area contributed by atoms with Gasteiger partial charge in [-0.1, -0.05) is 24.3 Å². The summed E-state index contributed by atoms with van der Waals surface area (Å²) < 4.78 is 1.65. The van der Waals surface area contributed by atoms with Crippen LogP contribution in [-0.4, -0.2) is 20.5 Å². The number of rotatable bonds is 3. The minimum Gasteiger partial charge on any atom is -0.290 e. The fourth-order valence-electron chi connectivity index (χ4n) is 2.34. The summed E-state index contributed by atoms with van der Waals surface area (Å²) >= 11 is 0. The van der Waals surface area contributed by atoms with Crippen LogP contribution in [0.25, 0.3) is 10.9 Å². The summed E-state index contributed by atoms with van der Waals surface area (Å²) in [6.45, 7) is 0. The van der Waals surface area contributed by atoms with Gasteiger partial charge in [0.1, 0.15) is 5.69 Å². The van der Waals surface area contributed by atoms with Crippen molar-refractivity contribution >= 4 is 16.7 Å². The predicted molar refractivity (Wildman–Crippen MR) is 77.6 cm³/mol. The lowest BCUT2D eigenvalue weighted by molar-refractivity contribution is 0.0973. The SMILES string of the molecule is Cn1nc(C(=O)C(C#N)c2ccccn2)c2ccccc21. The number of para-hydroxylation sites is 1. The van der Waals surface area contributed by atoms with Gasteiger partial charge in [0.05, 0.1) is 17.3 Å². The molecule has 1 atom stereocenters. The van der Waals surface area contributed by atoms with Crippen molar-refractivity contribution in [2.24, 2.45) is 7.05 Å². The molecule has 0 saturated heterocycles. The molecule has 102 valence electrons. The van der Waals surface area contributed by atoms with Crippen LogP contribution in [0.1, 0.15) is 22.1 Å². The third kappa shape index (κ3) is 2.17. The molecular weight excluding hydrogens is 264 g/mol. The standard InChI is InChI=1S/C16H12N4O/c1-20-14-8-3-2-6-11(14)15(19-20)16(21)12(10-17)13-7-4-5-9-18-13/h2-9,12H,1H3. The van der Waals surface area contributed by atoms with E-state index in [1.54, 1.807) is 36.1 Å². The topological polar surface area (TPSA) is 71.6 Å². The molecule has 1 unspecified atom stereocenters. The normalized spacial score (nSPS) is 12.0. The minimum absolute atomic E-state index is 0.310. The molecule has 0 amide bonds. The van der Waals surface area contributed by atoms with Gasteiger partial charge in [-0.25, -0.2) is 0 Å². The summed E-state index contributed by atoms with van der Waals surface area (Å²) in [7, 11) is 1.78. The van der Waals surface area contributed by atoms with Gasteiger partial charge in [0.25, 0.3) is 0 Å². The van der Waals surface area contributed by atoms with Crippen LogP contribution in [0.15, 0.2) is 48.7 Å². The highest BCUT2D eigenvalue weighted by molar-refractivity contribution is 6.10. The van der Waals surface area contributed by atoms with Crippen molar-refractivity contribution in [3.05, 3.63) is 60.0 Å². The smallest absolute Gasteiger partial charge is 0.206 e. The molecule has 3 aromatic rings. The van der Waals surface area contributed by atoms with Gasteiger partial charge in [-0.05, 0) is 18.2 Å². The van der Waals surface area contributed by atoms with Crippen LogP contribution in [0, 0.1) is 11.3 Å². The summed E-state index contributed by atoms with van der Waals surface area (Å²) in [5.41, 5.74) is 1.61. The number of fused-ring (bicyclic) bond motifs is 1. The van der Waals surface area contributed by atoms with Crippen LogP contribution in [0.2, 0.25) is 0 Å². The van der Waals surface area contributed by atoms with E-state index in [-0.39, 0.29) is 5.78 Å². The number of carbonyl (C=O) groups is 1. The van der Waals surface area contributed by atoms with Crippen LogP contribution in [0.3, 0.4) is 0 Å². The highest BCUT2D eigenvalue weighted by Gasteiger charge is 2.27. The van der Waals surface area contributed by atoms with E-state index in [9.17, 15) is 10.1 Å². The van der Waals surface area contributed by atoms with Gasteiger partial charge in [0, 0.05) is 18.6 Å². The van der Waals surface area contributed by atoms with E-state index in [1.165, 1.54) is 0 Å². The average Bonchev–Trinajstić information content (AvgIpc) is 2.87. The first-order valence-electron chi connectivity index (χ1n) is 6.49. The van der Waals surface area contributed by atoms with Gasteiger partial charge in [-0.3, -0.25) is 14.5 Å². The zero-order valence-corrected chi connectivity index (χ0v) is 11.4. The lowest BCUT2D eigenvalue weighted by atomic mass is 9.97. The fourth-order valence-corrected chi connectivity index (χ4v) is 2.34. The van der Waals surface area contributed by atoms with Gasteiger partial charge in [-0.15, -0.1) is 0 Å². The zero-order valence-electron chi connectivity index (χ0n) is 11.4. The molecule has 5 nitrogen and oxygen atoms in total. The summed E-state index contributed by atoms with van der Waals surface area (Å²) in [4.78, 5) is 16.8. The quantitative estimate of drug-likeness (QED) is 0.689.